The molecule has 0 spiro atoms. The van der Waals surface area contributed by atoms with Gasteiger partial charge in [-0.2, -0.15) is 0 Å². The van der Waals surface area contributed by atoms with Crippen LogP contribution in [0.2, 0.25) is 0 Å². The minimum Gasteiger partial charge on any atom is -0.462 e. The van der Waals surface area contributed by atoms with Crippen molar-refractivity contribution in [3.8, 4) is 0 Å². The third kappa shape index (κ3) is 48.0. The quantitative estimate of drug-likeness (QED) is 0.0263. The molecule has 0 saturated heterocycles. The van der Waals surface area contributed by atoms with Gasteiger partial charge in [0.05, 0.1) is 0 Å². The summed E-state index contributed by atoms with van der Waals surface area (Å²) in [5.41, 5.74) is 0. The van der Waals surface area contributed by atoms with Gasteiger partial charge in [0.1, 0.15) is 13.2 Å². The predicted molar refractivity (Wildman–Crippen MR) is 261 cm³/mol. The highest BCUT2D eigenvalue weighted by molar-refractivity contribution is 5.71. The first kappa shape index (κ1) is 58.1. The third-order valence-electron chi connectivity index (χ3n) is 11.0. The lowest BCUT2D eigenvalue weighted by atomic mass is 10.0. The average Bonchev–Trinajstić information content (AvgIpc) is 3.26. The van der Waals surface area contributed by atoms with Crippen LogP contribution in [0.4, 0.5) is 0 Å². The van der Waals surface area contributed by atoms with Gasteiger partial charge in [-0.1, -0.05) is 229 Å². The molecule has 0 bridgehead atoms. The van der Waals surface area contributed by atoms with Crippen molar-refractivity contribution in [2.24, 2.45) is 0 Å². The fraction of sp³-hybridized carbons (Fsp3) is 0.764. The van der Waals surface area contributed by atoms with E-state index in [0.29, 0.717) is 19.3 Å². The Balaban J connectivity index is 3.86. The zero-order chi connectivity index (χ0) is 44.4. The molecule has 6 nitrogen and oxygen atoms in total. The van der Waals surface area contributed by atoms with Crippen molar-refractivity contribution in [2.75, 3.05) is 13.2 Å². The fourth-order valence-corrected chi connectivity index (χ4v) is 7.17. The van der Waals surface area contributed by atoms with Crippen LogP contribution in [-0.2, 0) is 28.6 Å². The van der Waals surface area contributed by atoms with Crippen molar-refractivity contribution >= 4 is 17.9 Å². The molecule has 1 atom stereocenters. The standard InChI is InChI=1S/C55H96O6/c1-4-7-10-13-16-17-18-19-20-21-22-23-24-25-26-27-28-29-30-31-32-33-34-35-36-37-38-39-40-43-45-48-54(57)60-51-52(61-55(58)49-46-42-15-12-9-6-3)50-59-53(56)47-44-41-14-11-8-5-2/h7,10,16-17,19-20,22-23,25-26,52H,4-6,8-9,11-15,18,21,24,27-51H2,1-3H3/b10-7-,17-16-,20-19-,23-22-,26-25-. The predicted octanol–water partition coefficient (Wildman–Crippen LogP) is 16.9. The summed E-state index contributed by atoms with van der Waals surface area (Å²) in [6, 6.07) is 0. The van der Waals surface area contributed by atoms with Gasteiger partial charge in [0.2, 0.25) is 0 Å². The lowest BCUT2D eigenvalue weighted by Gasteiger charge is -2.18. The maximum absolute atomic E-state index is 12.5. The minimum atomic E-state index is -0.763. The number of ether oxygens (including phenoxy) is 3. The van der Waals surface area contributed by atoms with Gasteiger partial charge in [-0.3, -0.25) is 14.4 Å². The fourth-order valence-electron chi connectivity index (χ4n) is 7.17. The van der Waals surface area contributed by atoms with Crippen LogP contribution in [0.1, 0.15) is 252 Å². The highest BCUT2D eigenvalue weighted by atomic mass is 16.6. The maximum atomic E-state index is 12.5. The van der Waals surface area contributed by atoms with Gasteiger partial charge in [-0.15, -0.1) is 0 Å². The maximum Gasteiger partial charge on any atom is 0.306 e. The second kappa shape index (κ2) is 49.8. The van der Waals surface area contributed by atoms with Gasteiger partial charge in [-0.25, -0.2) is 0 Å². The van der Waals surface area contributed by atoms with Crippen LogP contribution in [0.15, 0.2) is 60.8 Å². The third-order valence-corrected chi connectivity index (χ3v) is 11.0. The zero-order valence-electron chi connectivity index (χ0n) is 40.2. The molecule has 0 aromatic heterocycles. The monoisotopic (exact) mass is 853 g/mol. The minimum absolute atomic E-state index is 0.0716. The van der Waals surface area contributed by atoms with Crippen molar-refractivity contribution in [3.63, 3.8) is 0 Å². The van der Waals surface area contributed by atoms with E-state index >= 15 is 0 Å². The number of allylic oxidation sites excluding steroid dienone is 10. The van der Waals surface area contributed by atoms with Crippen LogP contribution in [-0.4, -0.2) is 37.2 Å². The summed E-state index contributed by atoms with van der Waals surface area (Å²) in [5.74, 6) is -0.889. The SMILES string of the molecule is CC/C=C\C/C=C\C/C=C\C/C=C\C/C=C\CCCCCCCCCCCCCCCCCC(=O)OCC(COC(=O)CCCCCCCC)OC(=O)CCCCCCCC. The smallest absolute Gasteiger partial charge is 0.306 e. The Labute approximate surface area is 377 Å². The summed E-state index contributed by atoms with van der Waals surface area (Å²) in [4.78, 5) is 37.4. The van der Waals surface area contributed by atoms with Crippen molar-refractivity contribution in [1.29, 1.82) is 0 Å². The summed E-state index contributed by atoms with van der Waals surface area (Å²) < 4.78 is 16.6. The summed E-state index contributed by atoms with van der Waals surface area (Å²) in [6.45, 7) is 6.40. The van der Waals surface area contributed by atoms with Gasteiger partial charge in [0.25, 0.3) is 0 Å². The van der Waals surface area contributed by atoms with Gasteiger partial charge in [0.15, 0.2) is 6.10 Å². The molecule has 0 fully saturated rings. The molecule has 352 valence electrons. The molecule has 0 aliphatic rings. The van der Waals surface area contributed by atoms with Crippen molar-refractivity contribution < 1.29 is 28.6 Å². The molecule has 0 amide bonds. The van der Waals surface area contributed by atoms with Crippen molar-refractivity contribution in [1.82, 2.24) is 0 Å². The first-order valence-electron chi connectivity index (χ1n) is 25.8. The zero-order valence-corrected chi connectivity index (χ0v) is 40.2. The topological polar surface area (TPSA) is 78.9 Å². The highest BCUT2D eigenvalue weighted by Crippen LogP contribution is 2.15. The average molecular weight is 853 g/mol. The molecule has 0 aliphatic carbocycles. The molecule has 0 aromatic rings. The van der Waals surface area contributed by atoms with E-state index in [1.54, 1.807) is 0 Å². The van der Waals surface area contributed by atoms with E-state index in [4.69, 9.17) is 14.2 Å². The Morgan fingerprint density at radius 1 is 0.344 bits per heavy atom. The van der Waals surface area contributed by atoms with E-state index in [1.807, 2.05) is 0 Å². The van der Waals surface area contributed by atoms with E-state index in [1.165, 1.54) is 122 Å². The second-order valence-corrected chi connectivity index (χ2v) is 17.1. The molecule has 6 heteroatoms. The van der Waals surface area contributed by atoms with Crippen LogP contribution >= 0.6 is 0 Å². The molecular formula is C55H96O6. The van der Waals surface area contributed by atoms with Crippen molar-refractivity contribution in [3.05, 3.63) is 60.8 Å². The molecule has 0 N–H and O–H groups in total. The highest BCUT2D eigenvalue weighted by Gasteiger charge is 2.19. The summed E-state index contributed by atoms with van der Waals surface area (Å²) in [5, 5.41) is 0. The Morgan fingerprint density at radius 2 is 0.639 bits per heavy atom. The van der Waals surface area contributed by atoms with E-state index in [-0.39, 0.29) is 31.1 Å². The molecule has 1 unspecified atom stereocenters. The van der Waals surface area contributed by atoms with Gasteiger partial charge < -0.3 is 14.2 Å². The van der Waals surface area contributed by atoms with Crippen LogP contribution in [0.5, 0.6) is 0 Å². The van der Waals surface area contributed by atoms with E-state index in [2.05, 4.69) is 81.5 Å². The number of unbranched alkanes of at least 4 members (excludes halogenated alkanes) is 25. The lowest BCUT2D eigenvalue weighted by Crippen LogP contribution is -2.30. The van der Waals surface area contributed by atoms with Crippen molar-refractivity contribution in [2.45, 2.75) is 258 Å². The normalized spacial score (nSPS) is 12.5. The van der Waals surface area contributed by atoms with Crippen LogP contribution in [0.25, 0.3) is 0 Å². The summed E-state index contributed by atoms with van der Waals surface area (Å²) >= 11 is 0. The summed E-state index contributed by atoms with van der Waals surface area (Å²) in [7, 11) is 0. The molecule has 0 aliphatic heterocycles. The Bertz CT molecular complexity index is 1120. The Hall–Kier alpha value is -2.89. The molecule has 0 radical (unpaired) electrons. The van der Waals surface area contributed by atoms with Gasteiger partial charge >= 0.3 is 17.9 Å². The number of hydrogen-bond donors (Lipinski definition) is 0. The number of esters is 3. The van der Waals surface area contributed by atoms with Crippen LogP contribution in [0, 0.1) is 0 Å². The lowest BCUT2D eigenvalue weighted by molar-refractivity contribution is -0.167. The molecule has 61 heavy (non-hydrogen) atoms. The molecule has 0 saturated carbocycles. The molecule has 0 heterocycles. The van der Waals surface area contributed by atoms with E-state index in [0.717, 1.165) is 89.9 Å². The number of carbonyl (C=O) groups is 3. The largest absolute Gasteiger partial charge is 0.462 e. The second-order valence-electron chi connectivity index (χ2n) is 17.1. The Morgan fingerprint density at radius 3 is 1.00 bits per heavy atom. The number of hydrogen-bond acceptors (Lipinski definition) is 6. The first-order chi connectivity index (χ1) is 30.0. The van der Waals surface area contributed by atoms with Crippen LogP contribution in [0.3, 0.4) is 0 Å². The summed E-state index contributed by atoms with van der Waals surface area (Å²) in [6.07, 6.45) is 61.4. The number of rotatable bonds is 46. The number of carbonyl (C=O) groups excluding carboxylic acids is 3. The molecular weight excluding hydrogens is 757 g/mol. The van der Waals surface area contributed by atoms with Crippen LogP contribution < -0.4 is 0 Å². The molecule has 0 aromatic carbocycles. The first-order valence-corrected chi connectivity index (χ1v) is 25.8. The van der Waals surface area contributed by atoms with Gasteiger partial charge in [0, 0.05) is 19.3 Å². The molecule has 0 rings (SSSR count). The van der Waals surface area contributed by atoms with Gasteiger partial charge in [-0.05, 0) is 64.2 Å². The van der Waals surface area contributed by atoms with E-state index < -0.39 is 6.10 Å². The Kier molecular flexibility index (Phi) is 47.4. The van der Waals surface area contributed by atoms with E-state index in [9.17, 15) is 14.4 Å².